The van der Waals surface area contributed by atoms with Gasteiger partial charge in [0.2, 0.25) is 11.8 Å². The van der Waals surface area contributed by atoms with E-state index in [2.05, 4.69) is 5.32 Å². The maximum absolute atomic E-state index is 12.0. The molecular formula is C18H17ClN2O3S. The minimum Gasteiger partial charge on any atom is -0.326 e. The summed E-state index contributed by atoms with van der Waals surface area (Å²) in [7, 11) is 0. The van der Waals surface area contributed by atoms with Crippen LogP contribution in [0.15, 0.2) is 35.7 Å². The molecule has 1 aliphatic heterocycles. The average Bonchev–Trinajstić information content (AvgIpc) is 3.25. The van der Waals surface area contributed by atoms with Crippen LogP contribution in [0.3, 0.4) is 0 Å². The van der Waals surface area contributed by atoms with Crippen molar-refractivity contribution in [3.8, 4) is 0 Å². The molecule has 1 fully saturated rings. The van der Waals surface area contributed by atoms with E-state index in [9.17, 15) is 14.4 Å². The lowest BCUT2D eigenvalue weighted by atomic mass is 10.2. The summed E-state index contributed by atoms with van der Waals surface area (Å²) in [5.41, 5.74) is 1.21. The molecule has 2 amide bonds. The van der Waals surface area contributed by atoms with Crippen molar-refractivity contribution in [2.75, 3.05) is 16.8 Å². The number of thiophene rings is 1. The summed E-state index contributed by atoms with van der Waals surface area (Å²) in [6, 6.07) is 8.64. The van der Waals surface area contributed by atoms with Gasteiger partial charge in [0, 0.05) is 31.5 Å². The molecular weight excluding hydrogens is 360 g/mol. The smallest absolute Gasteiger partial charge is 0.227 e. The van der Waals surface area contributed by atoms with Gasteiger partial charge >= 0.3 is 0 Å². The van der Waals surface area contributed by atoms with Gasteiger partial charge in [0.05, 0.1) is 15.6 Å². The van der Waals surface area contributed by atoms with Gasteiger partial charge in [0.15, 0.2) is 5.78 Å². The standard InChI is InChI=1S/C18H17ClN2O3S/c19-13-11-12(5-6-14(13)21-9-1-4-18(21)24)20-17(23)8-7-15(22)16-3-2-10-25-16/h2-3,5-6,10-11H,1,4,7-9H2,(H,20,23). The van der Waals surface area contributed by atoms with Crippen molar-refractivity contribution >= 4 is 51.9 Å². The molecule has 1 N–H and O–H groups in total. The molecule has 7 heteroatoms. The summed E-state index contributed by atoms with van der Waals surface area (Å²) in [6.45, 7) is 0.662. The number of hydrogen-bond donors (Lipinski definition) is 1. The van der Waals surface area contributed by atoms with E-state index in [1.54, 1.807) is 29.2 Å². The highest BCUT2D eigenvalue weighted by Crippen LogP contribution is 2.31. The number of carbonyl (C=O) groups is 3. The van der Waals surface area contributed by atoms with Crippen LogP contribution in [0.4, 0.5) is 11.4 Å². The van der Waals surface area contributed by atoms with Crippen LogP contribution in [0.25, 0.3) is 0 Å². The normalized spacial score (nSPS) is 14.0. The summed E-state index contributed by atoms with van der Waals surface area (Å²) in [4.78, 5) is 38.1. The van der Waals surface area contributed by atoms with E-state index in [1.165, 1.54) is 11.3 Å². The van der Waals surface area contributed by atoms with Crippen LogP contribution in [0.5, 0.6) is 0 Å². The molecule has 1 aromatic heterocycles. The number of benzene rings is 1. The first kappa shape index (κ1) is 17.6. The number of Topliss-reactive ketones (excluding diaryl/α,β-unsaturated/α-hetero) is 1. The van der Waals surface area contributed by atoms with Crippen LogP contribution in [0.1, 0.15) is 35.4 Å². The monoisotopic (exact) mass is 376 g/mol. The Morgan fingerprint density at radius 2 is 2.08 bits per heavy atom. The zero-order chi connectivity index (χ0) is 17.8. The Morgan fingerprint density at radius 3 is 2.72 bits per heavy atom. The number of anilines is 2. The number of halogens is 1. The topological polar surface area (TPSA) is 66.5 Å². The first-order chi connectivity index (χ1) is 12.0. The molecule has 0 atom stereocenters. The molecule has 2 heterocycles. The second-order valence-electron chi connectivity index (χ2n) is 5.76. The summed E-state index contributed by atoms with van der Waals surface area (Å²) in [5, 5.41) is 4.99. The number of amides is 2. The van der Waals surface area contributed by atoms with Gasteiger partial charge in [-0.2, -0.15) is 0 Å². The molecule has 0 saturated carbocycles. The Bertz CT molecular complexity index is 805. The highest BCUT2D eigenvalue weighted by atomic mass is 35.5. The number of hydrogen-bond acceptors (Lipinski definition) is 4. The van der Waals surface area contributed by atoms with E-state index in [0.29, 0.717) is 34.2 Å². The quantitative estimate of drug-likeness (QED) is 0.771. The van der Waals surface area contributed by atoms with Gasteiger partial charge in [-0.05, 0) is 36.1 Å². The van der Waals surface area contributed by atoms with Crippen molar-refractivity contribution in [3.63, 3.8) is 0 Å². The van der Waals surface area contributed by atoms with Gasteiger partial charge in [0.1, 0.15) is 0 Å². The van der Waals surface area contributed by atoms with Gasteiger partial charge < -0.3 is 10.2 Å². The Morgan fingerprint density at radius 1 is 1.24 bits per heavy atom. The molecule has 5 nitrogen and oxygen atoms in total. The van der Waals surface area contributed by atoms with Crippen LogP contribution in [-0.2, 0) is 9.59 Å². The molecule has 0 unspecified atom stereocenters. The lowest BCUT2D eigenvalue weighted by Crippen LogP contribution is -2.24. The predicted octanol–water partition coefficient (Wildman–Crippen LogP) is 4.13. The highest BCUT2D eigenvalue weighted by Gasteiger charge is 2.23. The fourth-order valence-corrected chi connectivity index (χ4v) is 3.69. The number of ketones is 1. The van der Waals surface area contributed by atoms with Crippen LogP contribution in [-0.4, -0.2) is 24.1 Å². The molecule has 1 aromatic carbocycles. The Kier molecular flexibility index (Phi) is 5.50. The summed E-state index contributed by atoms with van der Waals surface area (Å²) < 4.78 is 0. The van der Waals surface area contributed by atoms with E-state index in [-0.39, 0.29) is 30.4 Å². The number of rotatable bonds is 6. The minimum atomic E-state index is -0.244. The molecule has 25 heavy (non-hydrogen) atoms. The predicted molar refractivity (Wildman–Crippen MR) is 99.6 cm³/mol. The lowest BCUT2D eigenvalue weighted by molar-refractivity contribution is -0.117. The second-order valence-corrected chi connectivity index (χ2v) is 7.12. The van der Waals surface area contributed by atoms with Crippen molar-refractivity contribution in [3.05, 3.63) is 45.6 Å². The second kappa shape index (κ2) is 7.80. The average molecular weight is 377 g/mol. The number of carbonyl (C=O) groups excluding carboxylic acids is 3. The van der Waals surface area contributed by atoms with E-state index in [4.69, 9.17) is 11.6 Å². The SMILES string of the molecule is O=C(CCC(=O)c1cccs1)Nc1ccc(N2CCCC2=O)c(Cl)c1. The van der Waals surface area contributed by atoms with Crippen LogP contribution >= 0.6 is 22.9 Å². The first-order valence-electron chi connectivity index (χ1n) is 8.01. The van der Waals surface area contributed by atoms with Gasteiger partial charge in [0.25, 0.3) is 0 Å². The van der Waals surface area contributed by atoms with E-state index < -0.39 is 0 Å². The molecule has 0 spiro atoms. The number of nitrogens with zero attached hydrogens (tertiary/aromatic N) is 1. The van der Waals surface area contributed by atoms with Crippen LogP contribution in [0.2, 0.25) is 5.02 Å². The molecule has 0 aliphatic carbocycles. The lowest BCUT2D eigenvalue weighted by Gasteiger charge is -2.18. The molecule has 1 saturated heterocycles. The van der Waals surface area contributed by atoms with Gasteiger partial charge in [-0.3, -0.25) is 14.4 Å². The highest BCUT2D eigenvalue weighted by molar-refractivity contribution is 7.12. The molecule has 0 bridgehead atoms. The van der Waals surface area contributed by atoms with Gasteiger partial charge in [-0.25, -0.2) is 0 Å². The molecule has 3 rings (SSSR count). The minimum absolute atomic E-state index is 0.0360. The van der Waals surface area contributed by atoms with Gasteiger partial charge in [-0.15, -0.1) is 11.3 Å². The van der Waals surface area contributed by atoms with E-state index in [1.807, 2.05) is 11.4 Å². The molecule has 2 aromatic rings. The van der Waals surface area contributed by atoms with Crippen molar-refractivity contribution in [2.24, 2.45) is 0 Å². The van der Waals surface area contributed by atoms with E-state index in [0.717, 1.165) is 6.42 Å². The first-order valence-corrected chi connectivity index (χ1v) is 9.27. The summed E-state index contributed by atoms with van der Waals surface area (Å²) >= 11 is 7.63. The summed E-state index contributed by atoms with van der Waals surface area (Å²) in [5.74, 6) is -0.220. The summed E-state index contributed by atoms with van der Waals surface area (Å²) in [6.07, 6.45) is 1.64. The number of nitrogens with one attached hydrogen (secondary N) is 1. The Labute approximate surface area is 154 Å². The third kappa shape index (κ3) is 4.27. The van der Waals surface area contributed by atoms with Crippen molar-refractivity contribution in [2.45, 2.75) is 25.7 Å². The molecule has 130 valence electrons. The fourth-order valence-electron chi connectivity index (χ4n) is 2.72. The van der Waals surface area contributed by atoms with Crippen molar-refractivity contribution in [1.82, 2.24) is 0 Å². The van der Waals surface area contributed by atoms with Crippen molar-refractivity contribution < 1.29 is 14.4 Å². The van der Waals surface area contributed by atoms with E-state index >= 15 is 0 Å². The zero-order valence-corrected chi connectivity index (χ0v) is 15.0. The fraction of sp³-hybridized carbons (Fsp3) is 0.278. The Balaban J connectivity index is 1.57. The van der Waals surface area contributed by atoms with Crippen LogP contribution < -0.4 is 10.2 Å². The zero-order valence-electron chi connectivity index (χ0n) is 13.5. The molecule has 1 aliphatic rings. The third-order valence-electron chi connectivity index (χ3n) is 3.97. The maximum atomic E-state index is 12.0. The van der Waals surface area contributed by atoms with Gasteiger partial charge in [-0.1, -0.05) is 17.7 Å². The Hall–Kier alpha value is -2.18. The largest absolute Gasteiger partial charge is 0.326 e. The third-order valence-corrected chi connectivity index (χ3v) is 5.18. The van der Waals surface area contributed by atoms with Crippen LogP contribution in [0, 0.1) is 0 Å². The molecule has 0 radical (unpaired) electrons. The van der Waals surface area contributed by atoms with Crippen molar-refractivity contribution in [1.29, 1.82) is 0 Å². The maximum Gasteiger partial charge on any atom is 0.227 e.